The summed E-state index contributed by atoms with van der Waals surface area (Å²) >= 11 is 2.03. The van der Waals surface area contributed by atoms with Gasteiger partial charge in [-0.25, -0.2) is 4.99 Å². The van der Waals surface area contributed by atoms with Crippen molar-refractivity contribution in [1.29, 1.82) is 0 Å². The van der Waals surface area contributed by atoms with Gasteiger partial charge in [0.1, 0.15) is 0 Å². The Hall–Kier alpha value is -0.670. The van der Waals surface area contributed by atoms with Crippen LogP contribution in [0, 0.1) is 0 Å². The van der Waals surface area contributed by atoms with Crippen molar-refractivity contribution in [2.45, 2.75) is 19.5 Å². The highest BCUT2D eigenvalue weighted by atomic mass is 127. The molecular formula is C16H27IN4OS. The number of rotatable bonds is 6. The van der Waals surface area contributed by atoms with E-state index < -0.39 is 0 Å². The van der Waals surface area contributed by atoms with Crippen molar-refractivity contribution in [3.05, 3.63) is 29.8 Å². The highest BCUT2D eigenvalue weighted by Gasteiger charge is 2.10. The number of nitrogens with zero attached hydrogens (tertiary/aromatic N) is 2. The maximum Gasteiger partial charge on any atom is 0.189 e. The van der Waals surface area contributed by atoms with E-state index in [2.05, 4.69) is 39.5 Å². The highest BCUT2D eigenvalue weighted by Crippen LogP contribution is 2.20. The Balaban J connectivity index is 0.00000264. The first-order valence-electron chi connectivity index (χ1n) is 7.66. The largest absolute Gasteiger partial charge is 0.383 e. The van der Waals surface area contributed by atoms with Crippen LogP contribution in [0.4, 0.5) is 5.69 Å². The molecule has 2 rings (SSSR count). The van der Waals surface area contributed by atoms with Crippen LogP contribution in [0.1, 0.15) is 12.5 Å². The third kappa shape index (κ3) is 7.17. The Morgan fingerprint density at radius 3 is 2.61 bits per heavy atom. The molecule has 0 aliphatic carbocycles. The van der Waals surface area contributed by atoms with Gasteiger partial charge in [0.15, 0.2) is 5.96 Å². The third-order valence-corrected chi connectivity index (χ3v) is 4.50. The van der Waals surface area contributed by atoms with Crippen LogP contribution in [0.5, 0.6) is 0 Å². The van der Waals surface area contributed by atoms with E-state index >= 15 is 0 Å². The number of guanidine groups is 1. The first-order chi connectivity index (χ1) is 10.7. The fourth-order valence-corrected chi connectivity index (χ4v) is 3.30. The number of benzene rings is 1. The Morgan fingerprint density at radius 1 is 1.35 bits per heavy atom. The summed E-state index contributed by atoms with van der Waals surface area (Å²) in [6, 6.07) is 8.78. The SMILES string of the molecule is COCC(C)NC(N)=NCc1ccc(N2CCSCC2)cc1.I. The van der Waals surface area contributed by atoms with Crippen molar-refractivity contribution in [1.82, 2.24) is 5.32 Å². The molecule has 1 heterocycles. The van der Waals surface area contributed by atoms with Crippen LogP contribution in [0.2, 0.25) is 0 Å². The number of hydrogen-bond donors (Lipinski definition) is 2. The second-order valence-corrected chi connectivity index (χ2v) is 6.69. The maximum atomic E-state index is 5.87. The summed E-state index contributed by atoms with van der Waals surface area (Å²) in [5, 5.41) is 3.11. The number of aliphatic imine (C=N–C) groups is 1. The summed E-state index contributed by atoms with van der Waals surface area (Å²) in [6.45, 7) is 5.48. The topological polar surface area (TPSA) is 62.9 Å². The molecule has 1 aliphatic rings. The summed E-state index contributed by atoms with van der Waals surface area (Å²) < 4.78 is 5.06. The number of hydrogen-bond acceptors (Lipinski definition) is 4. The lowest BCUT2D eigenvalue weighted by Crippen LogP contribution is -2.40. The van der Waals surface area contributed by atoms with Crippen LogP contribution in [0.25, 0.3) is 0 Å². The monoisotopic (exact) mass is 450 g/mol. The van der Waals surface area contributed by atoms with E-state index in [0.717, 1.165) is 13.1 Å². The molecule has 0 radical (unpaired) electrons. The van der Waals surface area contributed by atoms with E-state index in [1.165, 1.54) is 22.8 Å². The predicted octanol–water partition coefficient (Wildman–Crippen LogP) is 2.30. The average molecular weight is 450 g/mol. The minimum absolute atomic E-state index is 0. The van der Waals surface area contributed by atoms with Crippen molar-refractivity contribution in [3.63, 3.8) is 0 Å². The maximum absolute atomic E-state index is 5.87. The number of nitrogens with two attached hydrogens (primary N) is 1. The second-order valence-electron chi connectivity index (χ2n) is 5.47. The number of ether oxygens (including phenoxy) is 1. The Bertz CT molecular complexity index is 477. The molecule has 7 heteroatoms. The quantitative estimate of drug-likeness (QED) is 0.396. The lowest BCUT2D eigenvalue weighted by Gasteiger charge is -2.28. The van der Waals surface area contributed by atoms with Crippen LogP contribution in [0.3, 0.4) is 0 Å². The molecule has 1 unspecified atom stereocenters. The minimum atomic E-state index is 0. The Kier molecular flexibility index (Phi) is 9.73. The van der Waals surface area contributed by atoms with Crippen LogP contribution in [-0.2, 0) is 11.3 Å². The lowest BCUT2D eigenvalue weighted by atomic mass is 10.2. The molecule has 3 N–H and O–H groups in total. The molecule has 23 heavy (non-hydrogen) atoms. The average Bonchev–Trinajstić information content (AvgIpc) is 2.54. The number of anilines is 1. The molecule has 1 atom stereocenters. The smallest absolute Gasteiger partial charge is 0.189 e. The zero-order valence-corrected chi connectivity index (χ0v) is 17.0. The van der Waals surface area contributed by atoms with E-state index in [4.69, 9.17) is 10.5 Å². The van der Waals surface area contributed by atoms with Gasteiger partial charge in [-0.1, -0.05) is 12.1 Å². The lowest BCUT2D eigenvalue weighted by molar-refractivity contribution is 0.179. The number of halogens is 1. The summed E-state index contributed by atoms with van der Waals surface area (Å²) in [5.74, 6) is 2.89. The van der Waals surface area contributed by atoms with Gasteiger partial charge >= 0.3 is 0 Å². The van der Waals surface area contributed by atoms with Crippen molar-refractivity contribution in [2.75, 3.05) is 43.2 Å². The fourth-order valence-electron chi connectivity index (χ4n) is 2.40. The molecule has 0 saturated carbocycles. The highest BCUT2D eigenvalue weighted by molar-refractivity contribution is 14.0. The van der Waals surface area contributed by atoms with Crippen molar-refractivity contribution in [3.8, 4) is 0 Å². The molecule has 1 aromatic rings. The van der Waals surface area contributed by atoms with Gasteiger partial charge in [0.05, 0.1) is 13.2 Å². The van der Waals surface area contributed by atoms with Crippen LogP contribution in [0.15, 0.2) is 29.3 Å². The van der Waals surface area contributed by atoms with Crippen molar-refractivity contribution < 1.29 is 4.74 Å². The number of thioether (sulfide) groups is 1. The van der Waals surface area contributed by atoms with E-state index in [1.807, 2.05) is 18.7 Å². The number of nitrogens with one attached hydrogen (secondary N) is 1. The number of methoxy groups -OCH3 is 1. The van der Waals surface area contributed by atoms with Crippen molar-refractivity contribution in [2.24, 2.45) is 10.7 Å². The molecular weight excluding hydrogens is 423 g/mol. The molecule has 1 fully saturated rings. The molecule has 0 bridgehead atoms. The van der Waals surface area contributed by atoms with Gasteiger partial charge in [0.2, 0.25) is 0 Å². The van der Waals surface area contributed by atoms with Gasteiger partial charge in [-0.15, -0.1) is 24.0 Å². The fraction of sp³-hybridized carbons (Fsp3) is 0.562. The zero-order chi connectivity index (χ0) is 15.8. The van der Waals surface area contributed by atoms with E-state index in [1.54, 1.807) is 7.11 Å². The van der Waals surface area contributed by atoms with Gasteiger partial charge in [-0.3, -0.25) is 0 Å². The molecule has 0 amide bonds. The molecule has 130 valence electrons. The first kappa shape index (κ1) is 20.4. The Morgan fingerprint density at radius 2 is 2.00 bits per heavy atom. The normalized spacial score (nSPS) is 16.6. The van der Waals surface area contributed by atoms with Gasteiger partial charge in [-0.05, 0) is 24.6 Å². The molecule has 1 saturated heterocycles. The van der Waals surface area contributed by atoms with Gasteiger partial charge < -0.3 is 20.7 Å². The second kappa shape index (κ2) is 11.0. The first-order valence-corrected chi connectivity index (χ1v) is 8.81. The summed E-state index contributed by atoms with van der Waals surface area (Å²) in [5.41, 5.74) is 8.34. The van der Waals surface area contributed by atoms with Crippen molar-refractivity contribution >= 4 is 47.4 Å². The van der Waals surface area contributed by atoms with E-state index in [0.29, 0.717) is 19.1 Å². The summed E-state index contributed by atoms with van der Waals surface area (Å²) in [4.78, 5) is 6.81. The molecule has 0 aromatic heterocycles. The summed E-state index contributed by atoms with van der Waals surface area (Å²) in [7, 11) is 1.67. The molecule has 0 spiro atoms. The Labute approximate surface area is 160 Å². The zero-order valence-electron chi connectivity index (χ0n) is 13.8. The van der Waals surface area contributed by atoms with E-state index in [-0.39, 0.29) is 30.0 Å². The summed E-state index contributed by atoms with van der Waals surface area (Å²) in [6.07, 6.45) is 0. The predicted molar refractivity (Wildman–Crippen MR) is 111 cm³/mol. The van der Waals surface area contributed by atoms with Crippen LogP contribution >= 0.6 is 35.7 Å². The molecule has 1 aliphatic heterocycles. The van der Waals surface area contributed by atoms with Gasteiger partial charge in [-0.2, -0.15) is 11.8 Å². The minimum Gasteiger partial charge on any atom is -0.383 e. The van der Waals surface area contributed by atoms with Crippen LogP contribution in [-0.4, -0.2) is 50.3 Å². The standard InChI is InChI=1S/C16H26N4OS.HI/c1-13(12-21-2)19-16(17)18-11-14-3-5-15(6-4-14)20-7-9-22-10-8-20;/h3-6,13H,7-12H2,1-2H3,(H3,17,18,19);1H. The van der Waals surface area contributed by atoms with Gasteiger partial charge in [0.25, 0.3) is 0 Å². The third-order valence-electron chi connectivity index (χ3n) is 3.56. The van der Waals surface area contributed by atoms with E-state index in [9.17, 15) is 0 Å². The van der Waals surface area contributed by atoms with Crippen LogP contribution < -0.4 is 16.0 Å². The van der Waals surface area contributed by atoms with Gasteiger partial charge in [0, 0.05) is 43.4 Å². The molecule has 5 nitrogen and oxygen atoms in total. The molecule has 1 aromatic carbocycles.